The lowest BCUT2D eigenvalue weighted by Gasteiger charge is -2.35. The van der Waals surface area contributed by atoms with E-state index in [0.29, 0.717) is 17.3 Å². The molecule has 6 nitrogen and oxygen atoms in total. The van der Waals surface area contributed by atoms with Crippen LogP contribution in [0.3, 0.4) is 0 Å². The van der Waals surface area contributed by atoms with Crippen LogP contribution >= 0.6 is 11.6 Å². The van der Waals surface area contributed by atoms with E-state index in [1.54, 1.807) is 41.8 Å². The second-order valence-corrected chi connectivity index (χ2v) is 6.27. The van der Waals surface area contributed by atoms with Crippen LogP contribution in [0.4, 0.5) is 10.5 Å². The number of pyridine rings is 1. The fourth-order valence-electron chi connectivity index (χ4n) is 3.14. The van der Waals surface area contributed by atoms with Crippen molar-refractivity contribution in [2.24, 2.45) is 0 Å². The Morgan fingerprint density at radius 2 is 2.12 bits per heavy atom. The smallest absolute Gasteiger partial charge is 0.322 e. The molecule has 126 valence electrons. The summed E-state index contributed by atoms with van der Waals surface area (Å²) in [5.74, 6) is 0. The van der Waals surface area contributed by atoms with Crippen LogP contribution in [-0.2, 0) is 6.42 Å². The number of aromatic nitrogens is 3. The van der Waals surface area contributed by atoms with Gasteiger partial charge in [0.1, 0.15) is 6.04 Å². The van der Waals surface area contributed by atoms with Crippen molar-refractivity contribution in [2.45, 2.75) is 12.5 Å². The first-order valence-electron chi connectivity index (χ1n) is 7.97. The molecule has 2 N–H and O–H groups in total. The maximum Gasteiger partial charge on any atom is 0.322 e. The maximum absolute atomic E-state index is 12.9. The molecule has 0 aliphatic carbocycles. The van der Waals surface area contributed by atoms with Crippen LogP contribution in [-0.4, -0.2) is 32.4 Å². The van der Waals surface area contributed by atoms with Crippen molar-refractivity contribution in [2.75, 3.05) is 11.9 Å². The number of fused-ring (bicyclic) bond motifs is 1. The molecular formula is C18H16ClN5O. The summed E-state index contributed by atoms with van der Waals surface area (Å²) in [4.78, 5) is 26.4. The van der Waals surface area contributed by atoms with Gasteiger partial charge in [-0.1, -0.05) is 17.7 Å². The van der Waals surface area contributed by atoms with Crippen molar-refractivity contribution < 1.29 is 4.79 Å². The Morgan fingerprint density at radius 3 is 2.92 bits per heavy atom. The summed E-state index contributed by atoms with van der Waals surface area (Å²) < 4.78 is 0. The minimum absolute atomic E-state index is 0.183. The second-order valence-electron chi connectivity index (χ2n) is 5.83. The van der Waals surface area contributed by atoms with Crippen molar-refractivity contribution in [3.8, 4) is 0 Å². The van der Waals surface area contributed by atoms with E-state index in [2.05, 4.69) is 20.3 Å². The number of hydrogen-bond acceptors (Lipinski definition) is 3. The molecule has 25 heavy (non-hydrogen) atoms. The van der Waals surface area contributed by atoms with Gasteiger partial charge in [0.2, 0.25) is 0 Å². The van der Waals surface area contributed by atoms with Crippen LogP contribution in [0.1, 0.15) is 23.0 Å². The number of carbonyl (C=O) groups is 1. The van der Waals surface area contributed by atoms with Crippen LogP contribution in [0, 0.1) is 0 Å². The number of carbonyl (C=O) groups excluding carboxylic acids is 1. The SMILES string of the molecule is O=C(Nc1cccc(Cl)c1)N1CCc2[nH]cnc2C1c1ccncc1. The van der Waals surface area contributed by atoms with Crippen LogP contribution < -0.4 is 5.32 Å². The zero-order valence-electron chi connectivity index (χ0n) is 13.3. The topological polar surface area (TPSA) is 73.9 Å². The predicted octanol–water partition coefficient (Wildman–Crippen LogP) is 3.64. The average molecular weight is 354 g/mol. The van der Waals surface area contributed by atoms with Gasteiger partial charge in [-0.3, -0.25) is 4.98 Å². The van der Waals surface area contributed by atoms with Gasteiger partial charge in [-0.05, 0) is 35.9 Å². The van der Waals surface area contributed by atoms with E-state index in [9.17, 15) is 4.79 Å². The Hall–Kier alpha value is -2.86. The number of nitrogens with zero attached hydrogens (tertiary/aromatic N) is 3. The Morgan fingerprint density at radius 1 is 1.28 bits per heavy atom. The minimum atomic E-state index is -0.253. The number of urea groups is 1. The van der Waals surface area contributed by atoms with Crippen molar-refractivity contribution in [1.29, 1.82) is 0 Å². The fraction of sp³-hybridized carbons (Fsp3) is 0.167. The summed E-state index contributed by atoms with van der Waals surface area (Å²) in [6, 6.07) is 10.5. The van der Waals surface area contributed by atoms with E-state index in [1.807, 2.05) is 18.2 Å². The van der Waals surface area contributed by atoms with Crippen LogP contribution in [0.5, 0.6) is 0 Å². The molecule has 3 heterocycles. The average Bonchev–Trinajstić information content (AvgIpc) is 3.10. The van der Waals surface area contributed by atoms with E-state index < -0.39 is 0 Å². The fourth-order valence-corrected chi connectivity index (χ4v) is 3.33. The Labute approximate surface area is 149 Å². The number of hydrogen-bond donors (Lipinski definition) is 2. The van der Waals surface area contributed by atoms with Gasteiger partial charge in [-0.2, -0.15) is 0 Å². The zero-order valence-corrected chi connectivity index (χ0v) is 14.1. The number of nitrogens with one attached hydrogen (secondary N) is 2. The Balaban J connectivity index is 1.66. The quantitative estimate of drug-likeness (QED) is 0.738. The second kappa shape index (κ2) is 6.57. The summed E-state index contributed by atoms with van der Waals surface area (Å²) in [5.41, 5.74) is 3.58. The Bertz CT molecular complexity index is 895. The molecule has 1 aliphatic rings. The number of rotatable bonds is 2. The molecule has 0 radical (unpaired) electrons. The van der Waals surface area contributed by atoms with Gasteiger partial charge >= 0.3 is 6.03 Å². The predicted molar refractivity (Wildman–Crippen MR) is 95.5 cm³/mol. The standard InChI is InChI=1S/C18H16ClN5O/c19-13-2-1-3-14(10-13)23-18(25)24-9-6-15-16(22-11-21-15)17(24)12-4-7-20-8-5-12/h1-5,7-8,10-11,17H,6,9H2,(H,21,22)(H,23,25). The molecule has 3 aromatic rings. The highest BCUT2D eigenvalue weighted by molar-refractivity contribution is 6.30. The van der Waals surface area contributed by atoms with Crippen molar-refractivity contribution in [1.82, 2.24) is 19.9 Å². The van der Waals surface area contributed by atoms with Crippen molar-refractivity contribution in [3.05, 3.63) is 77.1 Å². The third-order valence-corrected chi connectivity index (χ3v) is 4.52. The van der Waals surface area contributed by atoms with E-state index in [4.69, 9.17) is 11.6 Å². The molecule has 7 heteroatoms. The van der Waals surface area contributed by atoms with Gasteiger partial charge < -0.3 is 15.2 Å². The first kappa shape index (κ1) is 15.7. The molecule has 2 amide bonds. The lowest BCUT2D eigenvalue weighted by molar-refractivity contribution is 0.192. The molecule has 0 fully saturated rings. The highest BCUT2D eigenvalue weighted by Gasteiger charge is 2.34. The molecule has 1 unspecified atom stereocenters. The minimum Gasteiger partial charge on any atom is -0.348 e. The van der Waals surface area contributed by atoms with Gasteiger partial charge in [0, 0.05) is 41.8 Å². The van der Waals surface area contributed by atoms with Crippen LogP contribution in [0.2, 0.25) is 5.02 Å². The summed E-state index contributed by atoms with van der Waals surface area (Å²) in [6.45, 7) is 0.592. The molecular weight excluding hydrogens is 338 g/mol. The van der Waals surface area contributed by atoms with E-state index >= 15 is 0 Å². The highest BCUT2D eigenvalue weighted by Crippen LogP contribution is 2.33. The van der Waals surface area contributed by atoms with Gasteiger partial charge in [0.15, 0.2) is 0 Å². The molecule has 0 saturated heterocycles. The monoisotopic (exact) mass is 353 g/mol. The number of halogens is 1. The lowest BCUT2D eigenvalue weighted by atomic mass is 9.97. The maximum atomic E-state index is 12.9. The Kier molecular flexibility index (Phi) is 4.11. The number of anilines is 1. The third kappa shape index (κ3) is 3.08. The van der Waals surface area contributed by atoms with Gasteiger partial charge in [-0.15, -0.1) is 0 Å². The summed E-state index contributed by atoms with van der Waals surface area (Å²) >= 11 is 6.00. The molecule has 1 atom stereocenters. The van der Waals surface area contributed by atoms with Crippen molar-refractivity contribution >= 4 is 23.3 Å². The summed E-state index contributed by atoms with van der Waals surface area (Å²) in [7, 11) is 0. The third-order valence-electron chi connectivity index (χ3n) is 4.28. The highest BCUT2D eigenvalue weighted by atomic mass is 35.5. The molecule has 2 aromatic heterocycles. The number of imidazole rings is 1. The number of amides is 2. The number of benzene rings is 1. The molecule has 0 bridgehead atoms. The molecule has 1 aliphatic heterocycles. The number of aromatic amines is 1. The largest absolute Gasteiger partial charge is 0.348 e. The van der Waals surface area contributed by atoms with E-state index in [0.717, 1.165) is 23.4 Å². The first-order valence-corrected chi connectivity index (χ1v) is 8.35. The zero-order chi connectivity index (χ0) is 17.2. The van der Waals surface area contributed by atoms with Crippen LogP contribution in [0.15, 0.2) is 55.1 Å². The van der Waals surface area contributed by atoms with Crippen LogP contribution in [0.25, 0.3) is 0 Å². The molecule has 0 spiro atoms. The number of H-pyrrole nitrogens is 1. The normalized spacial score (nSPS) is 16.4. The van der Waals surface area contributed by atoms with E-state index in [1.165, 1.54) is 0 Å². The molecule has 0 saturated carbocycles. The van der Waals surface area contributed by atoms with Gasteiger partial charge in [-0.25, -0.2) is 9.78 Å². The molecule has 4 rings (SSSR count). The summed E-state index contributed by atoms with van der Waals surface area (Å²) in [6.07, 6.45) is 5.86. The van der Waals surface area contributed by atoms with Gasteiger partial charge in [0.25, 0.3) is 0 Å². The lowest BCUT2D eigenvalue weighted by Crippen LogP contribution is -2.43. The van der Waals surface area contributed by atoms with E-state index in [-0.39, 0.29) is 12.1 Å². The van der Waals surface area contributed by atoms with Crippen molar-refractivity contribution in [3.63, 3.8) is 0 Å². The molecule has 1 aromatic carbocycles. The first-order chi connectivity index (χ1) is 12.2. The van der Waals surface area contributed by atoms with Gasteiger partial charge in [0.05, 0.1) is 12.0 Å². The summed E-state index contributed by atoms with van der Waals surface area (Å²) in [5, 5.41) is 3.50.